The van der Waals surface area contributed by atoms with Gasteiger partial charge in [-0.25, -0.2) is 13.3 Å². The summed E-state index contributed by atoms with van der Waals surface area (Å²) in [4.78, 5) is 18.5. The Morgan fingerprint density at radius 3 is 2.46 bits per heavy atom. The van der Waals surface area contributed by atoms with Gasteiger partial charge in [0.1, 0.15) is 18.2 Å². The van der Waals surface area contributed by atoms with Gasteiger partial charge >= 0.3 is 6.18 Å². The zero-order chi connectivity index (χ0) is 25.7. The second-order valence-corrected chi connectivity index (χ2v) is 8.25. The molecule has 184 valence electrons. The Morgan fingerprint density at radius 1 is 1.11 bits per heavy atom. The monoisotopic (exact) mass is 529 g/mol. The van der Waals surface area contributed by atoms with Crippen LogP contribution in [0.4, 0.5) is 27.1 Å². The number of aryl methyl sites for hydroxylation is 1. The average Bonchev–Trinajstić information content (AvgIpc) is 3.47. The highest BCUT2D eigenvalue weighted by Gasteiger charge is 2.50. The predicted molar refractivity (Wildman–Crippen MR) is 123 cm³/mol. The van der Waals surface area contributed by atoms with Gasteiger partial charge in [-0.1, -0.05) is 31.5 Å². The number of rotatable bonds is 3. The van der Waals surface area contributed by atoms with E-state index in [2.05, 4.69) is 10.1 Å². The molecule has 2 aromatic heterocycles. The van der Waals surface area contributed by atoms with E-state index in [1.807, 2.05) is 13.8 Å². The summed E-state index contributed by atoms with van der Waals surface area (Å²) in [6.07, 6.45) is -3.68. The standard InChI is InChI=1S/C20H11ClF5N5OS.C2H6/c1-29-17-15(18(28-29)20(23,24)25)19(32)31(16(17)11-4-2-9(21)6-12(11)22)10-3-5-14-13(7-10)27-8-30(14)33-26;1-2/h2-8,16H,1H3;1-2H3. The normalized spacial score (nSPS) is 15.4. The largest absolute Gasteiger partial charge is 0.435 e. The second kappa shape index (κ2) is 9.15. The number of anilines is 1. The van der Waals surface area contributed by atoms with E-state index >= 15 is 0 Å². The number of alkyl halides is 3. The summed E-state index contributed by atoms with van der Waals surface area (Å²) < 4.78 is 71.1. The van der Waals surface area contributed by atoms with Crippen molar-refractivity contribution in [3.05, 3.63) is 76.1 Å². The van der Waals surface area contributed by atoms with Crippen LogP contribution in [0.5, 0.6) is 0 Å². The lowest BCUT2D eigenvalue weighted by molar-refractivity contribution is -0.141. The highest BCUT2D eigenvalue weighted by atomic mass is 35.5. The Labute approximate surface area is 205 Å². The van der Waals surface area contributed by atoms with Crippen molar-refractivity contribution in [2.45, 2.75) is 26.1 Å². The lowest BCUT2D eigenvalue weighted by Gasteiger charge is -2.27. The zero-order valence-electron chi connectivity index (χ0n) is 18.4. The highest BCUT2D eigenvalue weighted by molar-refractivity contribution is 7.92. The molecule has 2 aromatic carbocycles. The minimum Gasteiger partial charge on any atom is -0.295 e. The Morgan fingerprint density at radius 2 is 1.83 bits per heavy atom. The van der Waals surface area contributed by atoms with Gasteiger partial charge in [-0.15, -0.1) is 3.89 Å². The molecule has 1 amide bonds. The molecule has 13 heteroatoms. The van der Waals surface area contributed by atoms with E-state index in [-0.39, 0.29) is 34.3 Å². The lowest BCUT2D eigenvalue weighted by atomic mass is 10.0. The maximum absolute atomic E-state index is 15.0. The fourth-order valence-corrected chi connectivity index (χ4v) is 4.55. The van der Waals surface area contributed by atoms with Gasteiger partial charge in [-0.05, 0) is 30.3 Å². The molecule has 4 aromatic rings. The maximum atomic E-state index is 15.0. The van der Waals surface area contributed by atoms with Crippen molar-refractivity contribution in [3.8, 4) is 0 Å². The van der Waals surface area contributed by atoms with Gasteiger partial charge < -0.3 is 0 Å². The van der Waals surface area contributed by atoms with Crippen LogP contribution in [0.1, 0.15) is 47.2 Å². The molecule has 1 aliphatic heterocycles. The topological polar surface area (TPSA) is 56.0 Å². The molecular formula is C22H17ClF5N5OS. The van der Waals surface area contributed by atoms with Gasteiger partial charge in [0.05, 0.1) is 22.3 Å². The van der Waals surface area contributed by atoms with Crippen molar-refractivity contribution in [1.29, 1.82) is 0 Å². The molecule has 0 saturated heterocycles. The fraction of sp³-hybridized carbons (Fsp3) is 0.227. The van der Waals surface area contributed by atoms with Crippen molar-refractivity contribution in [3.63, 3.8) is 0 Å². The first kappa shape index (κ1) is 25.0. The minimum absolute atomic E-state index is 0.0619. The summed E-state index contributed by atoms with van der Waals surface area (Å²) in [5.74, 6) is -1.80. The molecule has 35 heavy (non-hydrogen) atoms. The molecule has 0 aliphatic carbocycles. The summed E-state index contributed by atoms with van der Waals surface area (Å²) in [5.41, 5.74) is -1.34. The number of nitrogens with zero attached hydrogens (tertiary/aromatic N) is 5. The van der Waals surface area contributed by atoms with Crippen LogP contribution in [0.25, 0.3) is 11.0 Å². The molecule has 5 rings (SSSR count). The Balaban J connectivity index is 0.00000141. The van der Waals surface area contributed by atoms with Gasteiger partial charge in [-0.3, -0.25) is 14.4 Å². The fourth-order valence-electron chi connectivity index (χ4n) is 4.08. The van der Waals surface area contributed by atoms with E-state index in [9.17, 15) is 26.2 Å². The molecule has 6 nitrogen and oxygen atoms in total. The number of amides is 1. The van der Waals surface area contributed by atoms with E-state index in [0.29, 0.717) is 11.0 Å². The number of halogens is 6. The van der Waals surface area contributed by atoms with E-state index in [0.717, 1.165) is 19.6 Å². The SMILES string of the molecule is CC.Cn1nc(C(F)(F)F)c2c1C(c1ccc(Cl)cc1F)N(c1ccc3c(c1)ncn3SF)C2=O. The number of hydrogen-bond donors (Lipinski definition) is 0. The second-order valence-electron chi connectivity index (χ2n) is 7.29. The number of fused-ring (bicyclic) bond motifs is 2. The van der Waals surface area contributed by atoms with Crippen LogP contribution in [0.15, 0.2) is 42.7 Å². The first-order valence-corrected chi connectivity index (χ1v) is 11.4. The highest BCUT2D eigenvalue weighted by Crippen LogP contribution is 2.47. The summed E-state index contributed by atoms with van der Waals surface area (Å²) in [6.45, 7) is 4.00. The predicted octanol–water partition coefficient (Wildman–Crippen LogP) is 6.74. The van der Waals surface area contributed by atoms with Crippen LogP contribution in [0.3, 0.4) is 0 Å². The Hall–Kier alpha value is -3.12. The first-order chi connectivity index (χ1) is 16.6. The van der Waals surface area contributed by atoms with Crippen molar-refractivity contribution >= 4 is 46.6 Å². The summed E-state index contributed by atoms with van der Waals surface area (Å²) in [5, 5.41) is 3.59. The van der Waals surface area contributed by atoms with Crippen LogP contribution >= 0.6 is 23.9 Å². The molecule has 0 radical (unpaired) electrons. The summed E-state index contributed by atoms with van der Waals surface area (Å²) in [7, 11) is 1.26. The van der Waals surface area contributed by atoms with Crippen LogP contribution in [-0.2, 0) is 13.2 Å². The lowest BCUT2D eigenvalue weighted by Crippen LogP contribution is -2.31. The van der Waals surface area contributed by atoms with Crippen LogP contribution in [0, 0.1) is 5.82 Å². The van der Waals surface area contributed by atoms with Gasteiger partial charge in [0.2, 0.25) is 0 Å². The smallest absolute Gasteiger partial charge is 0.295 e. The molecular weight excluding hydrogens is 513 g/mol. The zero-order valence-corrected chi connectivity index (χ0v) is 20.0. The number of carbonyl (C=O) groups excluding carboxylic acids is 1. The molecule has 0 fully saturated rings. The van der Waals surface area contributed by atoms with Crippen molar-refractivity contribution in [1.82, 2.24) is 18.7 Å². The third kappa shape index (κ3) is 4.04. The molecule has 0 bridgehead atoms. The third-order valence-corrected chi connectivity index (χ3v) is 6.09. The van der Waals surface area contributed by atoms with Crippen molar-refractivity contribution < 1.29 is 26.2 Å². The minimum atomic E-state index is -4.90. The Bertz CT molecular complexity index is 1430. The van der Waals surface area contributed by atoms with Crippen LogP contribution in [0.2, 0.25) is 5.02 Å². The third-order valence-electron chi connectivity index (χ3n) is 5.42. The molecule has 1 atom stereocenters. The molecule has 0 saturated carbocycles. The number of benzene rings is 2. The molecule has 1 unspecified atom stereocenters. The summed E-state index contributed by atoms with van der Waals surface area (Å²) in [6, 6.07) is 6.78. The van der Waals surface area contributed by atoms with Crippen molar-refractivity contribution in [2.75, 3.05) is 4.90 Å². The number of hydrogen-bond acceptors (Lipinski definition) is 4. The van der Waals surface area contributed by atoms with Gasteiger partial charge in [0.25, 0.3) is 5.91 Å². The van der Waals surface area contributed by atoms with E-state index in [1.54, 1.807) is 0 Å². The van der Waals surface area contributed by atoms with E-state index in [4.69, 9.17) is 11.6 Å². The van der Waals surface area contributed by atoms with Gasteiger partial charge in [-0.2, -0.15) is 18.3 Å². The van der Waals surface area contributed by atoms with Crippen LogP contribution < -0.4 is 4.90 Å². The van der Waals surface area contributed by atoms with Crippen molar-refractivity contribution in [2.24, 2.45) is 7.05 Å². The van der Waals surface area contributed by atoms with E-state index in [1.165, 1.54) is 43.7 Å². The van der Waals surface area contributed by atoms with Crippen LogP contribution in [-0.4, -0.2) is 24.6 Å². The number of aromatic nitrogens is 4. The maximum Gasteiger partial charge on any atom is 0.435 e. The molecule has 0 N–H and O–H groups in total. The van der Waals surface area contributed by atoms with E-state index < -0.39 is 35.2 Å². The molecule has 1 aliphatic rings. The summed E-state index contributed by atoms with van der Waals surface area (Å²) >= 11 is 5.77. The quantitative estimate of drug-likeness (QED) is 0.276. The average molecular weight is 530 g/mol. The first-order valence-electron chi connectivity index (χ1n) is 10.3. The molecule has 0 spiro atoms. The van der Waals surface area contributed by atoms with Gasteiger partial charge in [0, 0.05) is 23.3 Å². The Kier molecular flexibility index (Phi) is 6.54. The number of imidazole rings is 1. The number of carbonyl (C=O) groups is 1. The van der Waals surface area contributed by atoms with Gasteiger partial charge in [0.15, 0.2) is 18.0 Å². The molecule has 3 heterocycles.